The molecule has 0 N–H and O–H groups in total. The summed E-state index contributed by atoms with van der Waals surface area (Å²) < 4.78 is 44.9. The largest absolute Gasteiger partial charge is 0.379 e. The Morgan fingerprint density at radius 3 is 1.04 bits per heavy atom. The summed E-state index contributed by atoms with van der Waals surface area (Å²) >= 11 is 12.5. The van der Waals surface area contributed by atoms with Crippen LogP contribution in [0.1, 0.15) is 53.4 Å². The van der Waals surface area contributed by atoms with E-state index in [9.17, 15) is 9.13 Å². The topological polar surface area (TPSA) is 71.1 Å². The molecule has 0 fully saturated rings. The molecule has 23 heavy (non-hydrogen) atoms. The highest BCUT2D eigenvalue weighted by Crippen LogP contribution is 2.81. The van der Waals surface area contributed by atoms with E-state index in [1.807, 2.05) is 27.7 Å². The van der Waals surface area contributed by atoms with Crippen LogP contribution < -0.4 is 0 Å². The molecule has 0 spiro atoms. The first kappa shape index (κ1) is 23.9. The Bertz CT molecular complexity index is 359. The van der Waals surface area contributed by atoms with E-state index in [-0.39, 0.29) is 26.4 Å². The molecule has 0 bridgehead atoms. The van der Waals surface area contributed by atoms with Crippen molar-refractivity contribution in [1.82, 2.24) is 0 Å². The zero-order valence-electron chi connectivity index (χ0n) is 14.3. The second kappa shape index (κ2) is 11.5. The fourth-order valence-electron chi connectivity index (χ4n) is 1.38. The van der Waals surface area contributed by atoms with Crippen LogP contribution >= 0.6 is 38.4 Å². The van der Waals surface area contributed by atoms with E-state index in [4.69, 9.17) is 41.3 Å². The second-order valence-corrected chi connectivity index (χ2v) is 11.9. The van der Waals surface area contributed by atoms with E-state index in [2.05, 4.69) is 0 Å². The van der Waals surface area contributed by atoms with Crippen LogP contribution in [0.5, 0.6) is 0 Å². The first-order valence-corrected chi connectivity index (χ1v) is 11.7. The Hall–Kier alpha value is 0.880. The normalized spacial score (nSPS) is 13.5. The van der Waals surface area contributed by atoms with Gasteiger partial charge in [-0.05, 0) is 25.7 Å². The van der Waals surface area contributed by atoms with E-state index in [0.29, 0.717) is 25.7 Å². The molecule has 0 radical (unpaired) electrons. The van der Waals surface area contributed by atoms with Gasteiger partial charge in [0.2, 0.25) is 0 Å². The van der Waals surface area contributed by atoms with Gasteiger partial charge in [-0.3, -0.25) is 9.13 Å². The van der Waals surface area contributed by atoms with Crippen LogP contribution in [0.4, 0.5) is 0 Å². The van der Waals surface area contributed by atoms with Gasteiger partial charge < -0.3 is 18.1 Å². The lowest BCUT2D eigenvalue weighted by Gasteiger charge is -2.33. The van der Waals surface area contributed by atoms with Crippen LogP contribution in [0.2, 0.25) is 0 Å². The highest BCUT2D eigenvalue weighted by molar-refractivity contribution is 7.80. The average Bonchev–Trinajstić information content (AvgIpc) is 2.53. The molecular weight excluding hydrogens is 385 g/mol. The molecule has 0 amide bonds. The Morgan fingerprint density at radius 2 is 0.870 bits per heavy atom. The summed E-state index contributed by atoms with van der Waals surface area (Å²) in [7, 11) is -8.28. The summed E-state index contributed by atoms with van der Waals surface area (Å²) in [4.78, 5) is 0. The standard InChI is InChI=1S/C13H28Cl2O6P2/c1-5-9-18-22(16,19-10-6-2)13(14,15)23(17,20-11-7-3)21-12-8-4/h5-12H2,1-4H3. The third-order valence-corrected chi connectivity index (χ3v) is 9.88. The van der Waals surface area contributed by atoms with Crippen molar-refractivity contribution >= 4 is 38.4 Å². The van der Waals surface area contributed by atoms with Gasteiger partial charge in [-0.2, -0.15) is 0 Å². The van der Waals surface area contributed by atoms with Crippen molar-refractivity contribution in [3.05, 3.63) is 0 Å². The van der Waals surface area contributed by atoms with Crippen molar-refractivity contribution in [3.63, 3.8) is 0 Å². The smallest absolute Gasteiger partial charge is 0.306 e. The zero-order chi connectivity index (χ0) is 18.0. The van der Waals surface area contributed by atoms with Crippen LogP contribution in [0.15, 0.2) is 0 Å². The molecule has 0 aliphatic rings. The molecule has 0 aromatic rings. The van der Waals surface area contributed by atoms with Crippen LogP contribution in [0.3, 0.4) is 0 Å². The number of hydrogen-bond donors (Lipinski definition) is 0. The first-order valence-electron chi connectivity index (χ1n) is 7.90. The maximum absolute atomic E-state index is 13.1. The number of rotatable bonds is 14. The van der Waals surface area contributed by atoms with Gasteiger partial charge in [0.1, 0.15) is 0 Å². The highest BCUT2D eigenvalue weighted by atomic mass is 35.5. The van der Waals surface area contributed by atoms with Gasteiger partial charge in [0.25, 0.3) is 0 Å². The monoisotopic (exact) mass is 412 g/mol. The minimum Gasteiger partial charge on any atom is -0.306 e. The summed E-state index contributed by atoms with van der Waals surface area (Å²) in [6.45, 7) is 7.72. The molecule has 0 heterocycles. The van der Waals surface area contributed by atoms with Crippen LogP contribution in [0.25, 0.3) is 0 Å². The Labute approximate surface area is 149 Å². The number of hydrogen-bond acceptors (Lipinski definition) is 6. The minimum absolute atomic E-state index is 0.101. The third kappa shape index (κ3) is 6.60. The van der Waals surface area contributed by atoms with Gasteiger partial charge >= 0.3 is 19.0 Å². The SMILES string of the molecule is CCCOP(=O)(OCCC)C(Cl)(Cl)P(=O)(OCCC)OCCC. The van der Waals surface area contributed by atoms with Gasteiger partial charge in [-0.15, -0.1) is 0 Å². The Kier molecular flexibility index (Phi) is 11.9. The predicted molar refractivity (Wildman–Crippen MR) is 94.6 cm³/mol. The van der Waals surface area contributed by atoms with Gasteiger partial charge in [0.05, 0.1) is 26.4 Å². The van der Waals surface area contributed by atoms with Crippen molar-refractivity contribution in [2.75, 3.05) is 26.4 Å². The number of alkyl halides is 2. The first-order chi connectivity index (χ1) is 10.7. The lowest BCUT2D eigenvalue weighted by atomic mass is 10.5. The van der Waals surface area contributed by atoms with Gasteiger partial charge in [-0.1, -0.05) is 50.9 Å². The van der Waals surface area contributed by atoms with E-state index in [1.165, 1.54) is 0 Å². The van der Waals surface area contributed by atoms with E-state index in [1.54, 1.807) is 0 Å². The molecule has 0 saturated carbocycles. The maximum Gasteiger partial charge on any atom is 0.379 e. The van der Waals surface area contributed by atoms with E-state index < -0.39 is 19.0 Å². The van der Waals surface area contributed by atoms with Crippen molar-refractivity contribution < 1.29 is 27.2 Å². The minimum atomic E-state index is -4.14. The lowest BCUT2D eigenvalue weighted by Crippen LogP contribution is -2.22. The lowest BCUT2D eigenvalue weighted by molar-refractivity contribution is 0.184. The van der Waals surface area contributed by atoms with Gasteiger partial charge in [0, 0.05) is 0 Å². The third-order valence-electron chi connectivity index (χ3n) is 2.52. The summed E-state index contributed by atoms with van der Waals surface area (Å²) in [6.07, 6.45) is 2.27. The molecule has 0 unspecified atom stereocenters. The molecule has 0 aliphatic heterocycles. The fourth-order valence-corrected chi connectivity index (χ4v) is 6.91. The molecule has 0 rings (SSSR count). The van der Waals surface area contributed by atoms with Gasteiger partial charge in [-0.25, -0.2) is 0 Å². The van der Waals surface area contributed by atoms with Crippen molar-refractivity contribution in [1.29, 1.82) is 0 Å². The molecule has 0 aromatic heterocycles. The van der Waals surface area contributed by atoms with Gasteiger partial charge in [0.15, 0.2) is 0 Å². The second-order valence-electron chi connectivity index (χ2n) is 4.84. The molecule has 0 aromatic carbocycles. The molecule has 0 saturated heterocycles. The molecule has 0 aliphatic carbocycles. The average molecular weight is 413 g/mol. The van der Waals surface area contributed by atoms with Crippen molar-refractivity contribution in [2.45, 2.75) is 57.2 Å². The van der Waals surface area contributed by atoms with E-state index >= 15 is 0 Å². The quantitative estimate of drug-likeness (QED) is 0.251. The predicted octanol–water partition coefficient (Wildman–Crippen LogP) is 6.17. The van der Waals surface area contributed by atoms with Crippen LogP contribution in [-0.2, 0) is 27.2 Å². The Morgan fingerprint density at radius 1 is 0.652 bits per heavy atom. The highest BCUT2D eigenvalue weighted by Gasteiger charge is 2.64. The Balaban J connectivity index is 5.61. The maximum atomic E-state index is 13.1. The molecule has 0 atom stereocenters. The van der Waals surface area contributed by atoms with Crippen LogP contribution in [0, 0.1) is 0 Å². The fraction of sp³-hybridized carbons (Fsp3) is 1.00. The summed E-state index contributed by atoms with van der Waals surface area (Å²) in [6, 6.07) is 0. The zero-order valence-corrected chi connectivity index (χ0v) is 17.6. The van der Waals surface area contributed by atoms with Crippen molar-refractivity contribution in [3.8, 4) is 0 Å². The van der Waals surface area contributed by atoms with Crippen molar-refractivity contribution in [2.24, 2.45) is 0 Å². The molecule has 140 valence electrons. The summed E-state index contributed by atoms with van der Waals surface area (Å²) in [5.74, 6) is 0. The summed E-state index contributed by atoms with van der Waals surface area (Å²) in [5, 5.41) is 0. The number of halogens is 2. The van der Waals surface area contributed by atoms with Crippen LogP contribution in [-0.4, -0.2) is 30.2 Å². The van der Waals surface area contributed by atoms with E-state index in [0.717, 1.165) is 0 Å². The summed E-state index contributed by atoms with van der Waals surface area (Å²) in [5.41, 5.74) is 0. The molecular formula is C13H28Cl2O6P2. The molecule has 10 heteroatoms. The molecule has 6 nitrogen and oxygen atoms in total.